The number of aromatic nitrogens is 1. The first kappa shape index (κ1) is 16.1. The van der Waals surface area contributed by atoms with Crippen molar-refractivity contribution in [2.75, 3.05) is 26.0 Å². The molecule has 23 heavy (non-hydrogen) atoms. The summed E-state index contributed by atoms with van der Waals surface area (Å²) in [7, 11) is 1.65. The van der Waals surface area contributed by atoms with Crippen molar-refractivity contribution in [1.82, 2.24) is 10.3 Å². The third kappa shape index (κ3) is 3.95. The molecule has 0 aliphatic carbocycles. The van der Waals surface area contributed by atoms with E-state index < -0.39 is 0 Å². The summed E-state index contributed by atoms with van der Waals surface area (Å²) in [5, 5.41) is 5.78. The summed E-state index contributed by atoms with van der Waals surface area (Å²) in [6.45, 7) is 1.40. The molecule has 1 aromatic heterocycles. The summed E-state index contributed by atoms with van der Waals surface area (Å²) >= 11 is 1.44. The molecular weight excluding hydrogens is 312 g/mol. The Hall–Kier alpha value is -1.79. The third-order valence-corrected chi connectivity index (χ3v) is 4.85. The lowest BCUT2D eigenvalue weighted by molar-refractivity contribution is -0.119. The molecule has 0 bridgehead atoms. The van der Waals surface area contributed by atoms with Gasteiger partial charge < -0.3 is 14.8 Å². The molecule has 1 aromatic carbocycles. The number of amides is 1. The number of thioether (sulfide) groups is 1. The quantitative estimate of drug-likeness (QED) is 0.824. The first-order chi connectivity index (χ1) is 11.3. The van der Waals surface area contributed by atoms with Crippen molar-refractivity contribution >= 4 is 28.4 Å². The fraction of sp³-hybridized carbons (Fsp3) is 0.412. The van der Waals surface area contributed by atoms with Crippen LogP contribution in [-0.2, 0) is 9.53 Å². The van der Waals surface area contributed by atoms with Crippen molar-refractivity contribution in [3.8, 4) is 5.75 Å². The zero-order valence-electron chi connectivity index (χ0n) is 13.1. The summed E-state index contributed by atoms with van der Waals surface area (Å²) in [6, 6.07) is 7.78. The van der Waals surface area contributed by atoms with Crippen molar-refractivity contribution in [3.63, 3.8) is 0 Å². The Balaban J connectivity index is 1.61. The Morgan fingerprint density at radius 2 is 2.35 bits per heavy atom. The maximum absolute atomic E-state index is 12.0. The lowest BCUT2D eigenvalue weighted by Crippen LogP contribution is -2.32. The number of methoxy groups -OCH3 is 1. The highest BCUT2D eigenvalue weighted by Crippen LogP contribution is 2.31. The molecule has 5 nitrogen and oxygen atoms in total. The van der Waals surface area contributed by atoms with Gasteiger partial charge in [-0.05, 0) is 25.0 Å². The predicted octanol–water partition coefficient (Wildman–Crippen LogP) is 2.63. The number of hydrogen-bond acceptors (Lipinski definition) is 5. The van der Waals surface area contributed by atoms with Gasteiger partial charge in [0.05, 0.1) is 19.0 Å². The van der Waals surface area contributed by atoms with Gasteiger partial charge in [0.1, 0.15) is 10.8 Å². The van der Waals surface area contributed by atoms with Gasteiger partial charge in [0.25, 0.3) is 0 Å². The minimum absolute atomic E-state index is 0.00667. The van der Waals surface area contributed by atoms with Gasteiger partial charge in [-0.2, -0.15) is 0 Å². The maximum atomic E-state index is 12.0. The van der Waals surface area contributed by atoms with E-state index in [1.807, 2.05) is 24.3 Å². The molecule has 0 radical (unpaired) electrons. The van der Waals surface area contributed by atoms with Gasteiger partial charge in [0.2, 0.25) is 5.91 Å². The molecule has 1 atom stereocenters. The maximum Gasteiger partial charge on any atom is 0.230 e. The largest absolute Gasteiger partial charge is 0.496 e. The number of carbonyl (C=O) groups is 1. The van der Waals surface area contributed by atoms with Gasteiger partial charge in [-0.15, -0.1) is 0 Å². The van der Waals surface area contributed by atoms with E-state index in [1.54, 1.807) is 13.3 Å². The molecule has 6 heteroatoms. The number of fused-ring (bicyclic) bond motifs is 1. The summed E-state index contributed by atoms with van der Waals surface area (Å²) in [5.41, 5.74) is 0. The fourth-order valence-electron chi connectivity index (χ4n) is 2.66. The Bertz CT molecular complexity index is 687. The first-order valence-electron chi connectivity index (χ1n) is 7.71. The highest BCUT2D eigenvalue weighted by Gasteiger charge is 2.16. The van der Waals surface area contributed by atoms with E-state index in [-0.39, 0.29) is 12.0 Å². The molecule has 0 spiro atoms. The Kier molecular flexibility index (Phi) is 5.35. The van der Waals surface area contributed by atoms with Gasteiger partial charge in [-0.3, -0.25) is 4.79 Å². The Labute approximate surface area is 139 Å². The molecule has 2 heterocycles. The van der Waals surface area contributed by atoms with E-state index in [1.165, 1.54) is 11.8 Å². The minimum Gasteiger partial charge on any atom is -0.496 e. The molecule has 1 aliphatic rings. The highest BCUT2D eigenvalue weighted by molar-refractivity contribution is 8.00. The lowest BCUT2D eigenvalue weighted by Gasteiger charge is -2.11. The fourth-order valence-corrected chi connectivity index (χ4v) is 3.50. The van der Waals surface area contributed by atoms with E-state index in [4.69, 9.17) is 9.47 Å². The molecule has 122 valence electrons. The standard InChI is InChI=1S/C17H20N2O3S/c1-21-15-6-2-5-14-13(15)7-8-18-17(14)23-11-16(20)19-10-12-4-3-9-22-12/h2,5-8,12H,3-4,9-11H2,1H3,(H,19,20)/t12-/m1/s1. The number of nitrogens with one attached hydrogen (secondary N) is 1. The van der Waals surface area contributed by atoms with Crippen LogP contribution in [0.3, 0.4) is 0 Å². The van der Waals surface area contributed by atoms with Crippen LogP contribution in [0.15, 0.2) is 35.5 Å². The molecular formula is C17H20N2O3S. The Morgan fingerprint density at radius 3 is 3.13 bits per heavy atom. The van der Waals surface area contributed by atoms with Gasteiger partial charge in [0, 0.05) is 30.1 Å². The Morgan fingerprint density at radius 1 is 1.43 bits per heavy atom. The third-order valence-electron chi connectivity index (χ3n) is 3.84. The summed E-state index contributed by atoms with van der Waals surface area (Å²) in [6.07, 6.45) is 4.02. The number of pyridine rings is 1. The summed E-state index contributed by atoms with van der Waals surface area (Å²) < 4.78 is 10.9. The number of hydrogen-bond donors (Lipinski definition) is 1. The summed E-state index contributed by atoms with van der Waals surface area (Å²) in [5.74, 6) is 1.16. The number of ether oxygens (including phenoxy) is 2. The van der Waals surface area contributed by atoms with Crippen LogP contribution in [0.5, 0.6) is 5.75 Å². The van der Waals surface area contributed by atoms with E-state index in [0.717, 1.165) is 41.0 Å². The number of carbonyl (C=O) groups excluding carboxylic acids is 1. The van der Waals surface area contributed by atoms with Crippen LogP contribution in [0.2, 0.25) is 0 Å². The average Bonchev–Trinajstić information content (AvgIpc) is 3.11. The van der Waals surface area contributed by atoms with Crippen molar-refractivity contribution in [1.29, 1.82) is 0 Å². The molecule has 1 aliphatic heterocycles. The number of nitrogens with zero attached hydrogens (tertiary/aromatic N) is 1. The SMILES string of the molecule is COc1cccc2c(SCC(=O)NC[C@H]3CCCO3)nccc12. The van der Waals surface area contributed by atoms with Crippen LogP contribution in [0, 0.1) is 0 Å². The zero-order chi connectivity index (χ0) is 16.1. The van der Waals surface area contributed by atoms with Crippen LogP contribution in [0.1, 0.15) is 12.8 Å². The van der Waals surface area contributed by atoms with Crippen LogP contribution in [0.25, 0.3) is 10.8 Å². The van der Waals surface area contributed by atoms with Crippen LogP contribution in [0.4, 0.5) is 0 Å². The number of benzene rings is 1. The van der Waals surface area contributed by atoms with E-state index in [9.17, 15) is 4.79 Å². The second kappa shape index (κ2) is 7.66. The molecule has 1 saturated heterocycles. The molecule has 1 amide bonds. The normalized spacial score (nSPS) is 17.3. The zero-order valence-corrected chi connectivity index (χ0v) is 13.9. The molecule has 3 rings (SSSR count). The van der Waals surface area contributed by atoms with Crippen LogP contribution >= 0.6 is 11.8 Å². The highest BCUT2D eigenvalue weighted by atomic mass is 32.2. The van der Waals surface area contributed by atoms with Crippen molar-refractivity contribution in [2.45, 2.75) is 24.0 Å². The van der Waals surface area contributed by atoms with Gasteiger partial charge in [0.15, 0.2) is 0 Å². The van der Waals surface area contributed by atoms with E-state index >= 15 is 0 Å². The minimum atomic E-state index is 0.00667. The molecule has 0 saturated carbocycles. The van der Waals surface area contributed by atoms with Crippen LogP contribution < -0.4 is 10.1 Å². The second-order valence-electron chi connectivity index (χ2n) is 5.40. The first-order valence-corrected chi connectivity index (χ1v) is 8.69. The van der Waals surface area contributed by atoms with Crippen molar-refractivity contribution < 1.29 is 14.3 Å². The van der Waals surface area contributed by atoms with Crippen LogP contribution in [-0.4, -0.2) is 43.0 Å². The summed E-state index contributed by atoms with van der Waals surface area (Å²) in [4.78, 5) is 16.4. The topological polar surface area (TPSA) is 60.5 Å². The molecule has 1 N–H and O–H groups in total. The monoisotopic (exact) mass is 332 g/mol. The molecule has 2 aromatic rings. The van der Waals surface area contributed by atoms with Crippen molar-refractivity contribution in [2.24, 2.45) is 0 Å². The van der Waals surface area contributed by atoms with E-state index in [2.05, 4.69) is 10.3 Å². The lowest BCUT2D eigenvalue weighted by atomic mass is 10.1. The van der Waals surface area contributed by atoms with Gasteiger partial charge >= 0.3 is 0 Å². The van der Waals surface area contributed by atoms with Gasteiger partial charge in [-0.1, -0.05) is 23.9 Å². The smallest absolute Gasteiger partial charge is 0.230 e. The van der Waals surface area contributed by atoms with E-state index in [0.29, 0.717) is 12.3 Å². The van der Waals surface area contributed by atoms with Gasteiger partial charge in [-0.25, -0.2) is 4.98 Å². The molecule has 1 fully saturated rings. The predicted molar refractivity (Wildman–Crippen MR) is 91.0 cm³/mol. The average molecular weight is 332 g/mol. The number of rotatable bonds is 6. The molecule has 0 unspecified atom stereocenters. The second-order valence-corrected chi connectivity index (χ2v) is 6.36. The van der Waals surface area contributed by atoms with Crippen molar-refractivity contribution in [3.05, 3.63) is 30.5 Å².